The highest BCUT2D eigenvalue weighted by atomic mass is 16.4. The molecule has 0 saturated carbocycles. The molecule has 78 valence electrons. The number of aliphatic carboxylic acids is 2. The topological polar surface area (TPSA) is 109 Å². The average Bonchev–Trinajstić information content (AvgIpc) is 1.98. The van der Waals surface area contributed by atoms with Crippen molar-refractivity contribution in [1.82, 2.24) is 0 Å². The summed E-state index contributed by atoms with van der Waals surface area (Å²) in [6, 6.07) is 0. The first-order valence-electron chi connectivity index (χ1n) is 3.89. The van der Waals surface area contributed by atoms with Gasteiger partial charge in [-0.1, -0.05) is 0 Å². The normalized spacial score (nSPS) is 9.43. The zero-order valence-corrected chi connectivity index (χ0v) is 7.36. The lowest BCUT2D eigenvalue weighted by atomic mass is 10.1. The molecular formula is C8H10O6. The summed E-state index contributed by atoms with van der Waals surface area (Å²) in [6.45, 7) is 0. The minimum absolute atomic E-state index is 0.210. The van der Waals surface area contributed by atoms with Crippen LogP contribution in [0.2, 0.25) is 0 Å². The van der Waals surface area contributed by atoms with E-state index in [9.17, 15) is 19.2 Å². The first-order chi connectivity index (χ1) is 6.41. The molecule has 6 nitrogen and oxygen atoms in total. The Morgan fingerprint density at radius 2 is 1.00 bits per heavy atom. The zero-order valence-electron chi connectivity index (χ0n) is 7.36. The summed E-state index contributed by atoms with van der Waals surface area (Å²) in [5, 5.41) is 16.4. The molecule has 2 N–H and O–H groups in total. The van der Waals surface area contributed by atoms with Crippen molar-refractivity contribution >= 4 is 23.5 Å². The maximum atomic E-state index is 10.8. The number of carboxylic acids is 2. The van der Waals surface area contributed by atoms with Gasteiger partial charge in [0.05, 0.1) is 0 Å². The highest BCUT2D eigenvalue weighted by Gasteiger charge is 2.12. The Balaban J connectivity index is 3.72. The van der Waals surface area contributed by atoms with E-state index < -0.39 is 36.3 Å². The average molecular weight is 202 g/mol. The molecule has 0 aromatic rings. The number of carboxylic acid groups (broad SMARTS) is 2. The first-order valence-corrected chi connectivity index (χ1v) is 3.89. The summed E-state index contributed by atoms with van der Waals surface area (Å²) in [4.78, 5) is 41.6. The number of carbonyl (C=O) groups is 4. The third-order valence-electron chi connectivity index (χ3n) is 1.38. The highest BCUT2D eigenvalue weighted by molar-refractivity contribution is 5.99. The summed E-state index contributed by atoms with van der Waals surface area (Å²) in [5.41, 5.74) is 0. The molecule has 0 fully saturated rings. The molecule has 0 unspecified atom stereocenters. The van der Waals surface area contributed by atoms with Gasteiger partial charge in [-0.05, 0) is 0 Å². The van der Waals surface area contributed by atoms with E-state index in [0.717, 1.165) is 0 Å². The van der Waals surface area contributed by atoms with Crippen molar-refractivity contribution in [2.75, 3.05) is 0 Å². The predicted octanol–water partition coefficient (Wildman–Crippen LogP) is -0.146. The van der Waals surface area contributed by atoms with Crippen molar-refractivity contribution in [3.05, 3.63) is 0 Å². The molecule has 0 amide bonds. The SMILES string of the molecule is O=C(O)CC(=O)CCC(=O)CC(=O)O. The van der Waals surface area contributed by atoms with Gasteiger partial charge in [-0.3, -0.25) is 19.2 Å². The second-order valence-electron chi connectivity index (χ2n) is 2.72. The molecule has 0 aromatic carbocycles. The van der Waals surface area contributed by atoms with E-state index in [1.54, 1.807) is 0 Å². The first kappa shape index (κ1) is 12.3. The van der Waals surface area contributed by atoms with Gasteiger partial charge in [0.1, 0.15) is 24.4 Å². The van der Waals surface area contributed by atoms with Crippen LogP contribution in [0.25, 0.3) is 0 Å². The van der Waals surface area contributed by atoms with Gasteiger partial charge in [0.2, 0.25) is 0 Å². The maximum absolute atomic E-state index is 10.8. The van der Waals surface area contributed by atoms with Crippen LogP contribution in [0, 0.1) is 0 Å². The fourth-order valence-corrected chi connectivity index (χ4v) is 0.793. The quantitative estimate of drug-likeness (QED) is 0.556. The molecule has 0 radical (unpaired) electrons. The van der Waals surface area contributed by atoms with Gasteiger partial charge in [-0.25, -0.2) is 0 Å². The fraction of sp³-hybridized carbons (Fsp3) is 0.500. The smallest absolute Gasteiger partial charge is 0.310 e. The van der Waals surface area contributed by atoms with Crippen LogP contribution in [0.4, 0.5) is 0 Å². The molecule has 6 heteroatoms. The number of Topliss-reactive ketones (excluding diaryl/α,β-unsaturated/α-hetero) is 2. The Hall–Kier alpha value is -1.72. The maximum Gasteiger partial charge on any atom is 0.310 e. The van der Waals surface area contributed by atoms with Crippen molar-refractivity contribution in [3.8, 4) is 0 Å². The van der Waals surface area contributed by atoms with E-state index in [4.69, 9.17) is 10.2 Å². The number of rotatable bonds is 7. The van der Waals surface area contributed by atoms with Crippen LogP contribution in [0.5, 0.6) is 0 Å². The predicted molar refractivity (Wildman–Crippen MR) is 43.8 cm³/mol. The van der Waals surface area contributed by atoms with E-state index in [0.29, 0.717) is 0 Å². The van der Waals surface area contributed by atoms with Crippen molar-refractivity contribution in [2.24, 2.45) is 0 Å². The highest BCUT2D eigenvalue weighted by Crippen LogP contribution is 1.99. The van der Waals surface area contributed by atoms with Gasteiger partial charge < -0.3 is 10.2 Å². The Labute approximate surface area is 79.5 Å². The molecule has 0 saturated heterocycles. The molecule has 0 aromatic heterocycles. The zero-order chi connectivity index (χ0) is 11.1. The largest absolute Gasteiger partial charge is 0.481 e. The second kappa shape index (κ2) is 5.85. The molecule has 0 heterocycles. The van der Waals surface area contributed by atoms with Crippen molar-refractivity contribution in [3.63, 3.8) is 0 Å². The molecule has 0 rings (SSSR count). The number of hydrogen-bond donors (Lipinski definition) is 2. The Morgan fingerprint density at radius 3 is 1.21 bits per heavy atom. The summed E-state index contributed by atoms with van der Waals surface area (Å²) in [5.74, 6) is -3.64. The van der Waals surface area contributed by atoms with Crippen LogP contribution in [0.15, 0.2) is 0 Å². The molecule has 14 heavy (non-hydrogen) atoms. The molecule has 0 spiro atoms. The van der Waals surface area contributed by atoms with Crippen LogP contribution in [-0.2, 0) is 19.2 Å². The van der Waals surface area contributed by atoms with Gasteiger partial charge >= 0.3 is 11.9 Å². The van der Waals surface area contributed by atoms with Crippen molar-refractivity contribution in [1.29, 1.82) is 0 Å². The summed E-state index contributed by atoms with van der Waals surface area (Å²) in [6.07, 6.45) is -1.67. The van der Waals surface area contributed by atoms with Crippen LogP contribution < -0.4 is 0 Å². The Morgan fingerprint density at radius 1 is 0.714 bits per heavy atom. The molecule has 0 bridgehead atoms. The van der Waals surface area contributed by atoms with Gasteiger partial charge in [-0.15, -0.1) is 0 Å². The van der Waals surface area contributed by atoms with Gasteiger partial charge in [0.25, 0.3) is 0 Å². The lowest BCUT2D eigenvalue weighted by molar-refractivity contribution is -0.143. The fourth-order valence-electron chi connectivity index (χ4n) is 0.793. The van der Waals surface area contributed by atoms with Crippen molar-refractivity contribution < 1.29 is 29.4 Å². The molecule has 0 aliphatic carbocycles. The molecule has 0 aliphatic rings. The van der Waals surface area contributed by atoms with E-state index in [-0.39, 0.29) is 12.8 Å². The molecule has 0 aliphatic heterocycles. The second-order valence-corrected chi connectivity index (χ2v) is 2.72. The monoisotopic (exact) mass is 202 g/mol. The summed E-state index contributed by atoms with van der Waals surface area (Å²) >= 11 is 0. The third kappa shape index (κ3) is 6.96. The van der Waals surface area contributed by atoms with Crippen LogP contribution in [0.3, 0.4) is 0 Å². The number of hydrogen-bond acceptors (Lipinski definition) is 4. The Kier molecular flexibility index (Phi) is 5.13. The third-order valence-corrected chi connectivity index (χ3v) is 1.38. The lowest BCUT2D eigenvalue weighted by Crippen LogP contribution is -2.11. The van der Waals surface area contributed by atoms with Gasteiger partial charge in [-0.2, -0.15) is 0 Å². The number of carbonyl (C=O) groups excluding carboxylic acids is 2. The minimum atomic E-state index is -1.25. The van der Waals surface area contributed by atoms with E-state index in [1.165, 1.54) is 0 Å². The summed E-state index contributed by atoms with van der Waals surface area (Å²) in [7, 11) is 0. The van der Waals surface area contributed by atoms with E-state index >= 15 is 0 Å². The van der Waals surface area contributed by atoms with Crippen LogP contribution >= 0.6 is 0 Å². The standard InChI is InChI=1S/C8H10O6/c9-5(3-7(11)12)1-2-6(10)4-8(13)14/h1-4H2,(H,11,12)(H,13,14). The van der Waals surface area contributed by atoms with E-state index in [1.807, 2.05) is 0 Å². The van der Waals surface area contributed by atoms with Crippen LogP contribution in [0.1, 0.15) is 25.7 Å². The molecular weight excluding hydrogens is 192 g/mol. The Bertz CT molecular complexity index is 239. The van der Waals surface area contributed by atoms with Gasteiger partial charge in [0.15, 0.2) is 0 Å². The number of ketones is 2. The molecule has 0 atom stereocenters. The lowest BCUT2D eigenvalue weighted by Gasteiger charge is -1.96. The summed E-state index contributed by atoms with van der Waals surface area (Å²) < 4.78 is 0. The van der Waals surface area contributed by atoms with Crippen LogP contribution in [-0.4, -0.2) is 33.7 Å². The van der Waals surface area contributed by atoms with E-state index in [2.05, 4.69) is 0 Å². The van der Waals surface area contributed by atoms with Gasteiger partial charge in [0, 0.05) is 12.8 Å². The van der Waals surface area contributed by atoms with Crippen molar-refractivity contribution in [2.45, 2.75) is 25.7 Å². The minimum Gasteiger partial charge on any atom is -0.481 e.